The third-order valence-electron chi connectivity index (χ3n) is 10.4. The molecule has 1 aromatic heterocycles. The molecule has 0 aliphatic carbocycles. The van der Waals surface area contributed by atoms with Crippen molar-refractivity contribution in [3.8, 4) is 11.5 Å². The van der Waals surface area contributed by atoms with Crippen LogP contribution in [0.1, 0.15) is 53.1 Å². The van der Waals surface area contributed by atoms with E-state index >= 15 is 0 Å². The van der Waals surface area contributed by atoms with Gasteiger partial charge in [0.05, 0.1) is 30.8 Å². The van der Waals surface area contributed by atoms with Crippen molar-refractivity contribution in [2.24, 2.45) is 10.6 Å². The van der Waals surface area contributed by atoms with Crippen LogP contribution in [0.4, 0.5) is 5.13 Å². The van der Waals surface area contributed by atoms with Crippen molar-refractivity contribution in [3.05, 3.63) is 45.6 Å². The Kier molecular flexibility index (Phi) is 8.66. The topological polar surface area (TPSA) is 274 Å². The number of nitrogen functional groups attached to an aromatic ring is 1. The van der Waals surface area contributed by atoms with Gasteiger partial charge in [-0.15, -0.1) is 23.1 Å². The molecular weight excluding hydrogens is 737 g/mol. The van der Waals surface area contributed by atoms with E-state index in [-0.39, 0.29) is 38.8 Å². The highest BCUT2D eigenvalue weighted by atomic mass is 32.2. The Morgan fingerprint density at radius 3 is 2.32 bits per heavy atom. The fourth-order valence-electron chi connectivity index (χ4n) is 7.53. The number of quaternary nitrogens is 1. The average molecular weight is 772 g/mol. The van der Waals surface area contributed by atoms with Crippen LogP contribution in [0.25, 0.3) is 0 Å². The highest BCUT2D eigenvalue weighted by Gasteiger charge is 2.59. The second-order valence-electron chi connectivity index (χ2n) is 14.3. The number of hydrazine groups is 1. The number of aromatic nitrogens is 1. The zero-order chi connectivity index (χ0) is 38.2. The lowest BCUT2D eigenvalue weighted by molar-refractivity contribution is -0.904. The molecule has 8 N–H and O–H groups in total. The van der Waals surface area contributed by atoms with Crippen LogP contribution >= 0.6 is 23.1 Å². The van der Waals surface area contributed by atoms with E-state index in [1.54, 1.807) is 0 Å². The Morgan fingerprint density at radius 2 is 1.75 bits per heavy atom. The number of fused-ring (bicyclic) bond motifs is 4. The summed E-state index contributed by atoms with van der Waals surface area (Å²) in [6.07, 6.45) is 1.49. The number of rotatable bonds is 12. The minimum atomic E-state index is -1.80. The van der Waals surface area contributed by atoms with Gasteiger partial charge in [-0.2, -0.15) is 0 Å². The Hall–Kier alpha value is -5.25. The SMILES string of the molecule is CC(C)(O/N=C(\C(=O)N[C@@H]1C(=O)N2C(C(=O)O)=C(C[N+]34CCC(CNN5C(=O)c6cc(O)c(O)cc6C5=O)(CC3)C4)CS[C@H]12)c1csc(N)n1)C(=O)O. The maximum atomic E-state index is 13.5. The number of hydrogen-bond acceptors (Lipinski definition) is 15. The van der Waals surface area contributed by atoms with Gasteiger partial charge in [0.1, 0.15) is 29.4 Å². The van der Waals surface area contributed by atoms with Crippen LogP contribution in [0.3, 0.4) is 0 Å². The molecule has 21 heteroatoms. The predicted molar refractivity (Wildman–Crippen MR) is 185 cm³/mol. The number of β-lactam (4-membered cyclic amide) rings is 1. The lowest BCUT2D eigenvalue weighted by Crippen LogP contribution is -2.71. The summed E-state index contributed by atoms with van der Waals surface area (Å²) in [7, 11) is 0. The number of carbonyl (C=O) groups excluding carboxylic acids is 4. The van der Waals surface area contributed by atoms with E-state index in [0.29, 0.717) is 42.8 Å². The van der Waals surface area contributed by atoms with Crippen LogP contribution in [0.15, 0.2) is 33.9 Å². The van der Waals surface area contributed by atoms with Crippen molar-refractivity contribution in [1.29, 1.82) is 0 Å². The summed E-state index contributed by atoms with van der Waals surface area (Å²) in [5.41, 5.74) is 6.61. The number of nitrogens with zero attached hydrogens (tertiary/aromatic N) is 5. The molecule has 280 valence electrons. The number of aromatic hydroxyl groups is 2. The zero-order valence-corrected chi connectivity index (χ0v) is 30.0. The van der Waals surface area contributed by atoms with Gasteiger partial charge < -0.3 is 40.8 Å². The molecule has 3 fully saturated rings. The van der Waals surface area contributed by atoms with Crippen molar-refractivity contribution in [1.82, 2.24) is 25.6 Å². The van der Waals surface area contributed by atoms with Crippen LogP contribution in [0.2, 0.25) is 0 Å². The number of carbonyl (C=O) groups is 6. The van der Waals surface area contributed by atoms with Gasteiger partial charge in [-0.1, -0.05) is 5.16 Å². The molecule has 2 aromatic rings. The molecule has 0 spiro atoms. The van der Waals surface area contributed by atoms with E-state index in [1.807, 2.05) is 0 Å². The molecule has 2 bridgehead atoms. The van der Waals surface area contributed by atoms with Crippen LogP contribution in [-0.2, 0) is 24.0 Å². The smallest absolute Gasteiger partial charge is 0.352 e. The van der Waals surface area contributed by atoms with Crippen molar-refractivity contribution in [2.75, 3.05) is 44.2 Å². The first kappa shape index (κ1) is 36.1. The number of nitrogens with one attached hydrogen (secondary N) is 2. The fraction of sp³-hybridized carbons (Fsp3) is 0.438. The molecule has 4 amide bonds. The monoisotopic (exact) mass is 771 g/mol. The lowest BCUT2D eigenvalue weighted by atomic mass is 9.85. The number of phenolic OH excluding ortho intramolecular Hbond substituents is 2. The number of phenols is 2. The number of nitrogens with two attached hydrogens (primary N) is 1. The van der Waals surface area contributed by atoms with Gasteiger partial charge in [-0.3, -0.25) is 24.1 Å². The number of amides is 4. The lowest BCUT2D eigenvalue weighted by Gasteiger charge is -2.50. The third-order valence-corrected chi connectivity index (χ3v) is 12.4. The molecule has 53 heavy (non-hydrogen) atoms. The first-order valence-electron chi connectivity index (χ1n) is 16.4. The molecule has 0 saturated carbocycles. The second-order valence-corrected chi connectivity index (χ2v) is 16.3. The van der Waals surface area contributed by atoms with Gasteiger partial charge in [0.15, 0.2) is 22.3 Å². The van der Waals surface area contributed by atoms with E-state index < -0.39 is 69.8 Å². The minimum absolute atomic E-state index is 0.000230. The standard InChI is InChI=1S/C32H34N8O11S2/c1-31(2,29(49)50)51-37-20(17-11-53-30(33)35-17)23(43)36-21-26(46)38-22(28(47)48)14(10-52-27(21)38)9-40-5-3-32(13-40,4-6-40)12-34-39-24(44)15-7-18(41)19(42)8-16(15)25(39)45/h7-8,11,21,27,34H,3-6,9-10,12-13H2,1-2H3,(H6-,33,35,36,37,41,42,43,44,45,47,48,49,50)/p+1/t21-,27-,32?,40?/m1/s1. The van der Waals surface area contributed by atoms with Crippen LogP contribution in [0, 0.1) is 5.41 Å². The van der Waals surface area contributed by atoms with Crippen molar-refractivity contribution >= 4 is 69.5 Å². The number of thiazole rings is 1. The minimum Gasteiger partial charge on any atom is -0.504 e. The van der Waals surface area contributed by atoms with Gasteiger partial charge in [-0.25, -0.2) is 25.0 Å². The number of imide groups is 1. The average Bonchev–Trinajstić information content (AvgIpc) is 3.85. The number of piperidine rings is 1. The maximum absolute atomic E-state index is 13.5. The Morgan fingerprint density at radius 1 is 1.11 bits per heavy atom. The van der Waals surface area contributed by atoms with E-state index in [1.165, 1.54) is 35.9 Å². The highest BCUT2D eigenvalue weighted by molar-refractivity contribution is 8.00. The zero-order valence-electron chi connectivity index (χ0n) is 28.3. The van der Waals surface area contributed by atoms with Crippen LogP contribution in [-0.4, -0.2) is 137 Å². The molecular formula is C32H35N8O11S2+. The number of thioether (sulfide) groups is 1. The quantitative estimate of drug-likeness (QED) is 0.0370. The van der Waals surface area contributed by atoms with Crippen LogP contribution < -0.4 is 16.5 Å². The number of carboxylic acid groups (broad SMARTS) is 2. The summed E-state index contributed by atoms with van der Waals surface area (Å²) in [6.45, 7) is 5.21. The maximum Gasteiger partial charge on any atom is 0.352 e. The van der Waals surface area contributed by atoms with Gasteiger partial charge in [0.2, 0.25) is 5.60 Å². The Balaban J connectivity index is 1.03. The van der Waals surface area contributed by atoms with Gasteiger partial charge >= 0.3 is 11.9 Å². The van der Waals surface area contributed by atoms with E-state index in [4.69, 9.17) is 10.6 Å². The summed E-state index contributed by atoms with van der Waals surface area (Å²) >= 11 is 2.31. The summed E-state index contributed by atoms with van der Waals surface area (Å²) in [6, 6.07) is 1.00. The van der Waals surface area contributed by atoms with Crippen molar-refractivity contribution < 1.29 is 58.5 Å². The molecule has 19 nitrogen and oxygen atoms in total. The van der Waals surface area contributed by atoms with E-state index in [2.05, 4.69) is 20.9 Å². The molecule has 3 saturated heterocycles. The summed E-state index contributed by atoms with van der Waals surface area (Å²) in [5, 5.41) is 47.4. The molecule has 0 unspecified atom stereocenters. The normalized spacial score (nSPS) is 26.5. The number of benzene rings is 1. The van der Waals surface area contributed by atoms with Crippen molar-refractivity contribution in [3.63, 3.8) is 0 Å². The highest BCUT2D eigenvalue weighted by Crippen LogP contribution is 2.48. The Bertz CT molecular complexity index is 2010. The van der Waals surface area contributed by atoms with Gasteiger partial charge in [0, 0.05) is 41.5 Å². The number of aliphatic carboxylic acids is 2. The summed E-state index contributed by atoms with van der Waals surface area (Å²) in [4.78, 5) is 87.4. The molecule has 6 heterocycles. The number of hydrogen-bond donors (Lipinski definition) is 7. The predicted octanol–water partition coefficient (Wildman–Crippen LogP) is -0.130. The molecule has 0 radical (unpaired) electrons. The van der Waals surface area contributed by atoms with E-state index in [9.17, 15) is 49.2 Å². The second kappa shape index (κ2) is 12.7. The summed E-state index contributed by atoms with van der Waals surface area (Å²) in [5.74, 6) is -6.16. The first-order chi connectivity index (χ1) is 24.9. The number of carboxylic acids is 2. The Labute approximate surface area is 308 Å². The number of anilines is 1. The third kappa shape index (κ3) is 6.11. The molecule has 5 aliphatic rings. The molecule has 7 rings (SSSR count). The molecule has 2 atom stereocenters. The van der Waals surface area contributed by atoms with Gasteiger partial charge in [0.25, 0.3) is 23.6 Å². The van der Waals surface area contributed by atoms with E-state index in [0.717, 1.165) is 41.3 Å². The molecule has 1 aromatic carbocycles. The fourth-order valence-corrected chi connectivity index (χ4v) is 9.42. The first-order valence-corrected chi connectivity index (χ1v) is 18.3. The largest absolute Gasteiger partial charge is 0.504 e. The van der Waals surface area contributed by atoms with Crippen molar-refractivity contribution in [2.45, 2.75) is 43.7 Å². The number of oxime groups is 1. The van der Waals surface area contributed by atoms with Crippen LogP contribution in [0.5, 0.6) is 11.5 Å². The van der Waals surface area contributed by atoms with Gasteiger partial charge in [-0.05, 0) is 26.0 Å². The molecule has 5 aliphatic heterocycles. The summed E-state index contributed by atoms with van der Waals surface area (Å²) < 4.78 is 0.564.